The topological polar surface area (TPSA) is 35.2 Å². The van der Waals surface area contributed by atoms with Gasteiger partial charge >= 0.3 is 0 Å². The van der Waals surface area contributed by atoms with Crippen molar-refractivity contribution in [3.63, 3.8) is 0 Å². The molecule has 2 aromatic rings. The van der Waals surface area contributed by atoms with Gasteiger partial charge in [0.15, 0.2) is 11.6 Å². The zero-order valence-corrected chi connectivity index (χ0v) is 12.8. The second kappa shape index (κ2) is 6.72. The summed E-state index contributed by atoms with van der Waals surface area (Å²) >= 11 is 0. The maximum atomic E-state index is 13.8. The van der Waals surface area contributed by atoms with Gasteiger partial charge in [0, 0.05) is 6.04 Å². The van der Waals surface area contributed by atoms with E-state index < -0.39 is 0 Å². The number of halogens is 1. The third-order valence-electron chi connectivity index (χ3n) is 3.53. The number of ether oxygens (including phenoxy) is 1. The predicted molar refractivity (Wildman–Crippen MR) is 84.4 cm³/mol. The van der Waals surface area contributed by atoms with E-state index in [1.54, 1.807) is 12.1 Å². The zero-order chi connectivity index (χ0) is 15.4. The molecule has 0 bridgehead atoms. The van der Waals surface area contributed by atoms with E-state index in [0.717, 1.165) is 29.5 Å². The second-order valence-electron chi connectivity index (χ2n) is 5.52. The summed E-state index contributed by atoms with van der Waals surface area (Å²) in [7, 11) is 0. The predicted octanol–water partition coefficient (Wildman–Crippen LogP) is 4.51. The van der Waals surface area contributed by atoms with Gasteiger partial charge in [-0.05, 0) is 56.0 Å². The van der Waals surface area contributed by atoms with Crippen molar-refractivity contribution < 1.29 is 9.13 Å². The van der Waals surface area contributed by atoms with Crippen LogP contribution in [0.25, 0.3) is 0 Å². The summed E-state index contributed by atoms with van der Waals surface area (Å²) in [5.74, 6) is 0.575. The van der Waals surface area contributed by atoms with Crippen LogP contribution in [0.1, 0.15) is 30.0 Å². The quantitative estimate of drug-likeness (QED) is 0.877. The summed E-state index contributed by atoms with van der Waals surface area (Å²) in [5.41, 5.74) is 9.17. The van der Waals surface area contributed by atoms with Crippen molar-refractivity contribution in [3.8, 4) is 11.5 Å². The summed E-state index contributed by atoms with van der Waals surface area (Å²) in [5, 5.41) is 0. The molecule has 0 spiro atoms. The number of nitrogens with two attached hydrogens (primary N) is 1. The molecule has 0 heterocycles. The van der Waals surface area contributed by atoms with Gasteiger partial charge in [0.05, 0.1) is 0 Å². The Morgan fingerprint density at radius 1 is 1.05 bits per heavy atom. The van der Waals surface area contributed by atoms with E-state index >= 15 is 0 Å². The fourth-order valence-electron chi connectivity index (χ4n) is 2.20. The van der Waals surface area contributed by atoms with Crippen LogP contribution in [-0.4, -0.2) is 6.04 Å². The molecule has 0 aliphatic carbocycles. The number of hydrogen-bond acceptors (Lipinski definition) is 2. The third kappa shape index (κ3) is 4.05. The van der Waals surface area contributed by atoms with E-state index in [1.807, 2.05) is 26.0 Å². The molecule has 0 saturated carbocycles. The number of benzene rings is 2. The van der Waals surface area contributed by atoms with Crippen molar-refractivity contribution in [1.82, 2.24) is 0 Å². The van der Waals surface area contributed by atoms with E-state index in [4.69, 9.17) is 10.5 Å². The molecule has 0 fully saturated rings. The van der Waals surface area contributed by atoms with Crippen LogP contribution in [0.5, 0.6) is 11.5 Å². The minimum Gasteiger partial charge on any atom is -0.454 e. The molecule has 21 heavy (non-hydrogen) atoms. The van der Waals surface area contributed by atoms with Crippen molar-refractivity contribution in [3.05, 3.63) is 58.9 Å². The van der Waals surface area contributed by atoms with Gasteiger partial charge < -0.3 is 10.5 Å². The van der Waals surface area contributed by atoms with Gasteiger partial charge in [0.2, 0.25) is 0 Å². The lowest BCUT2D eigenvalue weighted by Crippen LogP contribution is -2.21. The van der Waals surface area contributed by atoms with Crippen LogP contribution in [0.3, 0.4) is 0 Å². The zero-order valence-electron chi connectivity index (χ0n) is 12.8. The highest BCUT2D eigenvalue weighted by atomic mass is 19.1. The van der Waals surface area contributed by atoms with Crippen LogP contribution in [-0.2, 0) is 6.42 Å². The van der Waals surface area contributed by atoms with E-state index in [-0.39, 0.29) is 17.6 Å². The van der Waals surface area contributed by atoms with Crippen molar-refractivity contribution in [2.45, 2.75) is 39.7 Å². The molecule has 0 aromatic heterocycles. The monoisotopic (exact) mass is 287 g/mol. The van der Waals surface area contributed by atoms with Gasteiger partial charge in [-0.1, -0.05) is 30.7 Å². The average Bonchev–Trinajstić information content (AvgIpc) is 2.45. The van der Waals surface area contributed by atoms with Gasteiger partial charge in [-0.25, -0.2) is 4.39 Å². The molecule has 2 rings (SSSR count). The molecule has 112 valence electrons. The van der Waals surface area contributed by atoms with Gasteiger partial charge in [0.1, 0.15) is 5.75 Å². The molecule has 0 aliphatic rings. The van der Waals surface area contributed by atoms with Crippen molar-refractivity contribution >= 4 is 0 Å². The van der Waals surface area contributed by atoms with Gasteiger partial charge in [0.25, 0.3) is 0 Å². The van der Waals surface area contributed by atoms with Crippen LogP contribution >= 0.6 is 0 Å². The first kappa shape index (κ1) is 15.5. The lowest BCUT2D eigenvalue weighted by Gasteiger charge is -2.15. The molecule has 2 nitrogen and oxygen atoms in total. The third-order valence-corrected chi connectivity index (χ3v) is 3.53. The minimum atomic E-state index is -0.355. The van der Waals surface area contributed by atoms with E-state index in [9.17, 15) is 4.39 Å². The summed E-state index contributed by atoms with van der Waals surface area (Å²) < 4.78 is 19.6. The molecule has 0 saturated heterocycles. The Morgan fingerprint density at radius 3 is 2.43 bits per heavy atom. The molecule has 1 atom stereocenters. The number of rotatable bonds is 5. The summed E-state index contributed by atoms with van der Waals surface area (Å²) in [6.45, 7) is 5.99. The van der Waals surface area contributed by atoms with Crippen LogP contribution in [0.2, 0.25) is 0 Å². The summed E-state index contributed by atoms with van der Waals surface area (Å²) in [6, 6.07) is 10.8. The molecule has 0 radical (unpaired) electrons. The lowest BCUT2D eigenvalue weighted by atomic mass is 10.0. The fraction of sp³-hybridized carbons (Fsp3) is 0.333. The van der Waals surface area contributed by atoms with Crippen LogP contribution < -0.4 is 10.5 Å². The van der Waals surface area contributed by atoms with E-state index in [1.165, 1.54) is 6.07 Å². The van der Waals surface area contributed by atoms with Crippen molar-refractivity contribution in [2.24, 2.45) is 5.73 Å². The highest BCUT2D eigenvalue weighted by Crippen LogP contribution is 2.29. The van der Waals surface area contributed by atoms with Crippen molar-refractivity contribution in [2.75, 3.05) is 0 Å². The molecule has 2 aromatic carbocycles. The molecule has 3 heteroatoms. The van der Waals surface area contributed by atoms with Gasteiger partial charge in [-0.2, -0.15) is 0 Å². The normalized spacial score (nSPS) is 12.2. The Labute approximate surface area is 125 Å². The average molecular weight is 287 g/mol. The Hall–Kier alpha value is -1.87. The Kier molecular flexibility index (Phi) is 4.97. The molecule has 1 unspecified atom stereocenters. The Morgan fingerprint density at radius 2 is 1.71 bits per heavy atom. The summed E-state index contributed by atoms with van der Waals surface area (Å²) in [4.78, 5) is 0. The summed E-state index contributed by atoms with van der Waals surface area (Å²) in [6.07, 6.45) is 1.62. The molecule has 2 N–H and O–H groups in total. The fourth-order valence-corrected chi connectivity index (χ4v) is 2.20. The first-order valence-corrected chi connectivity index (χ1v) is 7.28. The molecular formula is C18H22FNO. The smallest absolute Gasteiger partial charge is 0.165 e. The molecule has 0 amide bonds. The maximum Gasteiger partial charge on any atom is 0.165 e. The van der Waals surface area contributed by atoms with Crippen molar-refractivity contribution in [1.29, 1.82) is 0 Å². The van der Waals surface area contributed by atoms with Gasteiger partial charge in [-0.3, -0.25) is 0 Å². The largest absolute Gasteiger partial charge is 0.454 e. The Balaban J connectivity index is 2.32. The van der Waals surface area contributed by atoms with E-state index in [2.05, 4.69) is 13.0 Å². The number of hydrogen-bond donors (Lipinski definition) is 1. The highest BCUT2D eigenvalue weighted by Gasteiger charge is 2.11. The molecule has 0 aliphatic heterocycles. The highest BCUT2D eigenvalue weighted by molar-refractivity contribution is 5.42. The van der Waals surface area contributed by atoms with Crippen LogP contribution in [0, 0.1) is 19.7 Å². The SMILES string of the molecule is CCC(N)Cc1cc(C)ccc1Oc1cc(C)ccc1F. The van der Waals surface area contributed by atoms with Crippen LogP contribution in [0.15, 0.2) is 36.4 Å². The van der Waals surface area contributed by atoms with E-state index in [0.29, 0.717) is 5.75 Å². The minimum absolute atomic E-state index is 0.0801. The lowest BCUT2D eigenvalue weighted by molar-refractivity contribution is 0.435. The first-order valence-electron chi connectivity index (χ1n) is 7.28. The first-order chi connectivity index (χ1) is 9.99. The van der Waals surface area contributed by atoms with Gasteiger partial charge in [-0.15, -0.1) is 0 Å². The standard InChI is InChI=1S/C18H22FNO/c1-4-15(20)11-14-9-12(2)6-8-17(14)21-18-10-13(3)5-7-16(18)19/h5-10,15H,4,11,20H2,1-3H3. The maximum absolute atomic E-state index is 13.8. The van der Waals surface area contributed by atoms with Crippen LogP contribution in [0.4, 0.5) is 4.39 Å². The second-order valence-corrected chi connectivity index (χ2v) is 5.52. The Bertz CT molecular complexity index is 625. The number of aryl methyl sites for hydroxylation is 2. The molecular weight excluding hydrogens is 265 g/mol.